The number of hydrogen-bond acceptors (Lipinski definition) is 2. The van der Waals surface area contributed by atoms with Gasteiger partial charge in [0, 0.05) is 27.9 Å². The van der Waals surface area contributed by atoms with Gasteiger partial charge in [0.2, 0.25) is 0 Å². The lowest BCUT2D eigenvalue weighted by molar-refractivity contribution is 0.694. The molecule has 0 saturated carbocycles. The minimum Gasteiger partial charge on any atom is -0.398 e. The van der Waals surface area contributed by atoms with E-state index in [1.54, 1.807) is 0 Å². The molecule has 0 amide bonds. The molecule has 5 rings (SSSR count). The topological polar surface area (TPSA) is 52.0 Å². The number of nitrogen functional groups attached to an aromatic ring is 1. The summed E-state index contributed by atoms with van der Waals surface area (Å²) in [6.45, 7) is 8.87. The van der Waals surface area contributed by atoms with Gasteiger partial charge in [-0.3, -0.25) is 0 Å². The Kier molecular flexibility index (Phi) is 8.03. The van der Waals surface area contributed by atoms with Crippen LogP contribution in [-0.4, -0.2) is 0 Å². The van der Waals surface area contributed by atoms with Gasteiger partial charge >= 0.3 is 0 Å². The van der Waals surface area contributed by atoms with Crippen LogP contribution in [0.2, 0.25) is 0 Å². The molecule has 4 N–H and O–H groups in total. The molecular weight excluding hydrogens is 496 g/mol. The monoisotopic (exact) mass is 532 g/mol. The molecule has 2 nitrogen and oxygen atoms in total. The Morgan fingerprint density at radius 1 is 0.659 bits per heavy atom. The molecule has 0 aliphatic heterocycles. The smallest absolute Gasteiger partial charge is 0.0417 e. The molecule has 202 valence electrons. The van der Waals surface area contributed by atoms with Crippen molar-refractivity contribution in [1.29, 1.82) is 0 Å². The van der Waals surface area contributed by atoms with Crippen molar-refractivity contribution in [2.45, 2.75) is 19.3 Å². The molecule has 5 aromatic rings. The quantitative estimate of drug-likeness (QED) is 0.154. The average Bonchev–Trinajstić information content (AvgIpc) is 3.04. The summed E-state index contributed by atoms with van der Waals surface area (Å²) in [5, 5.41) is 0. The highest BCUT2D eigenvalue weighted by Crippen LogP contribution is 2.43. The van der Waals surface area contributed by atoms with E-state index in [2.05, 4.69) is 105 Å². The van der Waals surface area contributed by atoms with Crippen molar-refractivity contribution < 1.29 is 0 Å². The van der Waals surface area contributed by atoms with Crippen molar-refractivity contribution in [3.05, 3.63) is 180 Å². The molecule has 0 aromatic heterocycles. The van der Waals surface area contributed by atoms with Gasteiger partial charge < -0.3 is 11.5 Å². The van der Waals surface area contributed by atoms with Crippen LogP contribution in [0, 0.1) is 0 Å². The van der Waals surface area contributed by atoms with Crippen molar-refractivity contribution in [2.75, 3.05) is 5.73 Å². The summed E-state index contributed by atoms with van der Waals surface area (Å²) in [5.74, 6) is 0. The Bertz CT molecular complexity index is 1700. The minimum atomic E-state index is -0.569. The lowest BCUT2D eigenvalue weighted by Gasteiger charge is -2.33. The van der Waals surface area contributed by atoms with Crippen molar-refractivity contribution in [3.63, 3.8) is 0 Å². The van der Waals surface area contributed by atoms with Crippen molar-refractivity contribution in [2.24, 2.45) is 5.73 Å². The normalized spacial score (nSPS) is 13.4. The summed E-state index contributed by atoms with van der Waals surface area (Å²) < 4.78 is 0. The fourth-order valence-electron chi connectivity index (χ4n) is 5.32. The van der Waals surface area contributed by atoms with Crippen LogP contribution in [0.25, 0.3) is 27.8 Å². The third-order valence-electron chi connectivity index (χ3n) is 7.95. The standard InChI is InChI=1S/C39H36N2/c1-4-37(40)35(31-16-10-6-11-17-31)26-28(2)39(3,33-22-20-30(21-23-33)29-14-8-5-9-15-29)34-24-25-38(41)36(27-34)32-18-12-7-13-19-32/h4-27H,2,40-41H2,1,3H3/b35-26-,37-4+. The molecule has 1 unspecified atom stereocenters. The number of hydrogen-bond donors (Lipinski definition) is 2. The predicted molar refractivity (Wildman–Crippen MR) is 176 cm³/mol. The molecule has 2 heteroatoms. The molecule has 0 aliphatic rings. The van der Waals surface area contributed by atoms with Crippen molar-refractivity contribution >= 4 is 11.3 Å². The predicted octanol–water partition coefficient (Wildman–Crippen LogP) is 9.41. The molecule has 1 atom stereocenters. The van der Waals surface area contributed by atoms with E-state index in [-0.39, 0.29) is 0 Å². The maximum atomic E-state index is 6.56. The summed E-state index contributed by atoms with van der Waals surface area (Å²) in [6, 6.07) is 46.1. The zero-order chi connectivity index (χ0) is 28.8. The molecule has 0 bridgehead atoms. The Morgan fingerprint density at radius 2 is 1.17 bits per heavy atom. The van der Waals surface area contributed by atoms with E-state index in [4.69, 9.17) is 11.5 Å². The number of rotatable bonds is 8. The second kappa shape index (κ2) is 12.0. The average molecular weight is 533 g/mol. The van der Waals surface area contributed by atoms with Crippen LogP contribution in [0.1, 0.15) is 30.5 Å². The highest BCUT2D eigenvalue weighted by atomic mass is 14.6. The third kappa shape index (κ3) is 5.64. The number of anilines is 1. The van der Waals surface area contributed by atoms with Gasteiger partial charge in [-0.25, -0.2) is 0 Å². The lowest BCUT2D eigenvalue weighted by atomic mass is 9.69. The van der Waals surface area contributed by atoms with Gasteiger partial charge in [-0.2, -0.15) is 0 Å². The summed E-state index contributed by atoms with van der Waals surface area (Å²) >= 11 is 0. The van der Waals surface area contributed by atoms with E-state index in [1.807, 2.05) is 61.5 Å². The van der Waals surface area contributed by atoms with Crippen LogP contribution in [0.4, 0.5) is 5.69 Å². The fourth-order valence-corrected chi connectivity index (χ4v) is 5.32. The van der Waals surface area contributed by atoms with Crippen molar-refractivity contribution in [1.82, 2.24) is 0 Å². The third-order valence-corrected chi connectivity index (χ3v) is 7.95. The highest BCUT2D eigenvalue weighted by molar-refractivity contribution is 5.82. The van der Waals surface area contributed by atoms with Crippen LogP contribution in [0.15, 0.2) is 163 Å². The molecule has 0 saturated heterocycles. The fraction of sp³-hybridized carbons (Fsp3) is 0.0769. The molecular formula is C39H36N2. The Balaban J connectivity index is 1.69. The molecule has 0 heterocycles. The maximum absolute atomic E-state index is 6.56. The second-order valence-electron chi connectivity index (χ2n) is 10.4. The van der Waals surface area contributed by atoms with Gasteiger partial charge in [0.1, 0.15) is 0 Å². The minimum absolute atomic E-state index is 0.569. The highest BCUT2D eigenvalue weighted by Gasteiger charge is 2.32. The molecule has 0 fully saturated rings. The molecule has 5 aromatic carbocycles. The number of nitrogens with two attached hydrogens (primary N) is 2. The van der Waals surface area contributed by atoms with Crippen LogP contribution >= 0.6 is 0 Å². The second-order valence-corrected chi connectivity index (χ2v) is 10.4. The summed E-state index contributed by atoms with van der Waals surface area (Å²) in [7, 11) is 0. The van der Waals surface area contributed by atoms with Gasteiger partial charge in [0.05, 0.1) is 0 Å². The zero-order valence-corrected chi connectivity index (χ0v) is 23.7. The van der Waals surface area contributed by atoms with Crippen LogP contribution in [0.3, 0.4) is 0 Å². The number of allylic oxidation sites excluding steroid dienone is 4. The van der Waals surface area contributed by atoms with Gasteiger partial charge in [-0.15, -0.1) is 0 Å². The first kappa shape index (κ1) is 27.5. The summed E-state index contributed by atoms with van der Waals surface area (Å²) in [6.07, 6.45) is 4.07. The largest absolute Gasteiger partial charge is 0.398 e. The number of benzene rings is 5. The Hall–Kier alpha value is -5.08. The van der Waals surface area contributed by atoms with Crippen molar-refractivity contribution in [3.8, 4) is 22.3 Å². The van der Waals surface area contributed by atoms with Crippen LogP contribution < -0.4 is 11.5 Å². The van der Waals surface area contributed by atoms with Gasteiger partial charge in [0.25, 0.3) is 0 Å². The molecule has 41 heavy (non-hydrogen) atoms. The van der Waals surface area contributed by atoms with E-state index >= 15 is 0 Å². The van der Waals surface area contributed by atoms with E-state index in [1.165, 1.54) is 11.1 Å². The first-order valence-corrected chi connectivity index (χ1v) is 13.9. The Morgan fingerprint density at radius 3 is 1.76 bits per heavy atom. The van der Waals surface area contributed by atoms with E-state index < -0.39 is 5.41 Å². The first-order valence-electron chi connectivity index (χ1n) is 13.9. The first-order chi connectivity index (χ1) is 19.9. The van der Waals surface area contributed by atoms with E-state index in [0.717, 1.165) is 44.7 Å². The van der Waals surface area contributed by atoms with Crippen LogP contribution in [0.5, 0.6) is 0 Å². The zero-order valence-electron chi connectivity index (χ0n) is 23.7. The molecule has 0 radical (unpaired) electrons. The van der Waals surface area contributed by atoms with E-state index in [0.29, 0.717) is 5.70 Å². The van der Waals surface area contributed by atoms with E-state index in [9.17, 15) is 0 Å². The van der Waals surface area contributed by atoms with Crippen LogP contribution in [-0.2, 0) is 5.41 Å². The molecule has 0 spiro atoms. The van der Waals surface area contributed by atoms with Gasteiger partial charge in [0.15, 0.2) is 0 Å². The van der Waals surface area contributed by atoms with Gasteiger partial charge in [-0.05, 0) is 71.0 Å². The summed E-state index contributed by atoms with van der Waals surface area (Å²) in [4.78, 5) is 0. The molecule has 0 aliphatic carbocycles. The lowest BCUT2D eigenvalue weighted by Crippen LogP contribution is -2.26. The van der Waals surface area contributed by atoms with Gasteiger partial charge in [-0.1, -0.05) is 134 Å². The summed E-state index contributed by atoms with van der Waals surface area (Å²) in [5.41, 5.74) is 23.6. The Labute approximate surface area is 244 Å². The SMILES string of the molecule is C=C(/C=C(\C(N)=C/C)c1ccccc1)C(C)(c1ccc(-c2ccccc2)cc1)c1ccc(N)c(-c2ccccc2)c1. The maximum Gasteiger partial charge on any atom is 0.0417 e.